The van der Waals surface area contributed by atoms with Crippen LogP contribution in [0.1, 0.15) is 13.3 Å². The SMILES string of the molecule is CO[C@@]1(NC(=O)CCl)O[C@H](C)[C@@H](O)C[C@@H]1O. The number of hydrogen-bond acceptors (Lipinski definition) is 5. The van der Waals surface area contributed by atoms with Crippen molar-refractivity contribution in [2.75, 3.05) is 13.0 Å². The number of halogens is 1. The second kappa shape index (κ2) is 5.29. The van der Waals surface area contributed by atoms with E-state index in [-0.39, 0.29) is 12.3 Å². The Morgan fingerprint density at radius 1 is 1.69 bits per heavy atom. The molecule has 0 radical (unpaired) electrons. The van der Waals surface area contributed by atoms with E-state index in [9.17, 15) is 15.0 Å². The summed E-state index contributed by atoms with van der Waals surface area (Å²) in [7, 11) is 1.29. The van der Waals surface area contributed by atoms with Crippen molar-refractivity contribution in [1.82, 2.24) is 5.32 Å². The first-order valence-electron chi connectivity index (χ1n) is 4.91. The van der Waals surface area contributed by atoms with Gasteiger partial charge in [0.15, 0.2) is 0 Å². The number of nitrogens with one attached hydrogen (secondary N) is 1. The molecule has 94 valence electrons. The van der Waals surface area contributed by atoms with Gasteiger partial charge in [0, 0.05) is 13.5 Å². The van der Waals surface area contributed by atoms with Gasteiger partial charge in [0.1, 0.15) is 12.0 Å². The van der Waals surface area contributed by atoms with Gasteiger partial charge in [-0.2, -0.15) is 0 Å². The van der Waals surface area contributed by atoms with Crippen LogP contribution in [0, 0.1) is 0 Å². The van der Waals surface area contributed by atoms with Crippen molar-refractivity contribution in [3.63, 3.8) is 0 Å². The zero-order chi connectivity index (χ0) is 12.3. The molecule has 1 aliphatic heterocycles. The molecule has 0 bridgehead atoms. The number of aliphatic hydroxyl groups excluding tert-OH is 2. The minimum atomic E-state index is -1.63. The van der Waals surface area contributed by atoms with Crippen molar-refractivity contribution in [2.45, 2.75) is 37.6 Å². The van der Waals surface area contributed by atoms with Crippen LogP contribution >= 0.6 is 11.6 Å². The van der Waals surface area contributed by atoms with Crippen molar-refractivity contribution < 1.29 is 24.5 Å². The molecule has 4 atom stereocenters. The molecule has 1 rings (SSSR count). The third-order valence-corrected chi connectivity index (χ3v) is 2.79. The lowest BCUT2D eigenvalue weighted by atomic mass is 10.0. The number of carbonyl (C=O) groups excluding carboxylic acids is 1. The first-order chi connectivity index (χ1) is 7.45. The molecule has 1 heterocycles. The average Bonchev–Trinajstić information content (AvgIpc) is 2.25. The first kappa shape index (κ1) is 13.7. The number of hydrogen-bond donors (Lipinski definition) is 3. The number of alkyl halides is 1. The summed E-state index contributed by atoms with van der Waals surface area (Å²) in [6.45, 7) is 1.62. The molecule has 16 heavy (non-hydrogen) atoms. The predicted molar refractivity (Wildman–Crippen MR) is 55.8 cm³/mol. The molecule has 0 aromatic carbocycles. The maximum atomic E-state index is 11.2. The number of rotatable bonds is 3. The lowest BCUT2D eigenvalue weighted by Crippen LogP contribution is -2.66. The molecule has 0 spiro atoms. The number of aliphatic hydroxyl groups is 2. The van der Waals surface area contributed by atoms with Crippen LogP contribution in [0.2, 0.25) is 0 Å². The molecule has 1 saturated heterocycles. The van der Waals surface area contributed by atoms with Crippen LogP contribution in [0.4, 0.5) is 0 Å². The summed E-state index contributed by atoms with van der Waals surface area (Å²) in [6, 6.07) is 0. The number of ether oxygens (including phenoxy) is 2. The van der Waals surface area contributed by atoms with Crippen LogP contribution in [0.25, 0.3) is 0 Å². The summed E-state index contributed by atoms with van der Waals surface area (Å²) in [4.78, 5) is 11.2. The molecule has 0 aliphatic carbocycles. The number of amides is 1. The molecule has 1 aliphatic rings. The van der Waals surface area contributed by atoms with E-state index < -0.39 is 30.1 Å². The van der Waals surface area contributed by atoms with Gasteiger partial charge in [0.25, 0.3) is 5.91 Å². The molecule has 0 aromatic heterocycles. The van der Waals surface area contributed by atoms with Gasteiger partial charge in [-0.3, -0.25) is 4.79 Å². The average molecular weight is 254 g/mol. The Morgan fingerprint density at radius 3 is 2.81 bits per heavy atom. The topological polar surface area (TPSA) is 88.0 Å². The van der Waals surface area contributed by atoms with Crippen molar-refractivity contribution in [3.8, 4) is 0 Å². The fourth-order valence-corrected chi connectivity index (χ4v) is 1.65. The smallest absolute Gasteiger partial charge is 0.279 e. The Bertz CT molecular complexity index is 264. The van der Waals surface area contributed by atoms with Crippen molar-refractivity contribution >= 4 is 17.5 Å². The number of carbonyl (C=O) groups is 1. The molecule has 0 aromatic rings. The maximum Gasteiger partial charge on any atom is 0.279 e. The highest BCUT2D eigenvalue weighted by molar-refractivity contribution is 6.27. The fraction of sp³-hybridized carbons (Fsp3) is 0.889. The normalized spacial score (nSPS) is 39.4. The predicted octanol–water partition coefficient (Wildman–Crippen LogP) is -0.828. The van der Waals surface area contributed by atoms with Crippen LogP contribution in [-0.2, 0) is 14.3 Å². The highest BCUT2D eigenvalue weighted by Gasteiger charge is 2.48. The fourth-order valence-electron chi connectivity index (χ4n) is 1.58. The largest absolute Gasteiger partial charge is 0.390 e. The van der Waals surface area contributed by atoms with Gasteiger partial charge in [-0.1, -0.05) is 0 Å². The Morgan fingerprint density at radius 2 is 2.31 bits per heavy atom. The standard InChI is InChI=1S/C9H16ClNO5/c1-5-6(12)3-7(13)9(15-2,16-5)11-8(14)4-10/h5-7,12-13H,3-4H2,1-2H3,(H,11,14)/t5-,6+,7+,9-/m1/s1. The van der Waals surface area contributed by atoms with Crippen molar-refractivity contribution in [2.24, 2.45) is 0 Å². The molecule has 6 nitrogen and oxygen atoms in total. The van der Waals surface area contributed by atoms with Gasteiger partial charge in [-0.15, -0.1) is 11.6 Å². The summed E-state index contributed by atoms with van der Waals surface area (Å²) >= 11 is 5.35. The van der Waals surface area contributed by atoms with E-state index in [1.807, 2.05) is 0 Å². The van der Waals surface area contributed by atoms with Crippen LogP contribution in [0.3, 0.4) is 0 Å². The van der Waals surface area contributed by atoms with Crippen molar-refractivity contribution in [1.29, 1.82) is 0 Å². The zero-order valence-corrected chi connectivity index (χ0v) is 9.90. The Balaban J connectivity index is 2.81. The third-order valence-electron chi connectivity index (χ3n) is 2.54. The summed E-state index contributed by atoms with van der Waals surface area (Å²) in [5.41, 5.74) is 0. The number of methoxy groups -OCH3 is 1. The summed E-state index contributed by atoms with van der Waals surface area (Å²) in [5.74, 6) is -2.42. The van der Waals surface area contributed by atoms with Crippen LogP contribution in [0.15, 0.2) is 0 Å². The Hall–Kier alpha value is -0.400. The summed E-state index contributed by atoms with van der Waals surface area (Å²) in [5, 5.41) is 21.6. The third kappa shape index (κ3) is 2.64. The molecule has 1 amide bonds. The van der Waals surface area contributed by atoms with Gasteiger partial charge >= 0.3 is 0 Å². The molecule has 3 N–H and O–H groups in total. The van der Waals surface area contributed by atoms with Crippen LogP contribution < -0.4 is 5.32 Å². The lowest BCUT2D eigenvalue weighted by Gasteiger charge is -2.44. The zero-order valence-electron chi connectivity index (χ0n) is 9.14. The van der Waals surface area contributed by atoms with E-state index in [2.05, 4.69) is 5.32 Å². The van der Waals surface area contributed by atoms with Crippen LogP contribution in [-0.4, -0.2) is 53.3 Å². The lowest BCUT2D eigenvalue weighted by molar-refractivity contribution is -0.337. The first-order valence-corrected chi connectivity index (χ1v) is 5.44. The molecule has 7 heteroatoms. The van der Waals surface area contributed by atoms with Gasteiger partial charge in [0.05, 0.1) is 12.2 Å². The molecule has 1 fully saturated rings. The minimum Gasteiger partial charge on any atom is -0.390 e. The summed E-state index contributed by atoms with van der Waals surface area (Å²) in [6.07, 6.45) is -2.46. The van der Waals surface area contributed by atoms with E-state index in [1.165, 1.54) is 7.11 Å². The van der Waals surface area contributed by atoms with E-state index in [0.29, 0.717) is 0 Å². The highest BCUT2D eigenvalue weighted by Crippen LogP contribution is 2.28. The summed E-state index contributed by atoms with van der Waals surface area (Å²) < 4.78 is 10.3. The molecular formula is C9H16ClNO5. The Labute approximate surface area is 98.5 Å². The molecule has 0 unspecified atom stereocenters. The van der Waals surface area contributed by atoms with Crippen LogP contribution in [0.5, 0.6) is 0 Å². The highest BCUT2D eigenvalue weighted by atomic mass is 35.5. The molecule has 0 saturated carbocycles. The molecular weight excluding hydrogens is 238 g/mol. The van der Waals surface area contributed by atoms with Crippen molar-refractivity contribution in [3.05, 3.63) is 0 Å². The van der Waals surface area contributed by atoms with E-state index in [0.717, 1.165) is 0 Å². The maximum absolute atomic E-state index is 11.2. The van der Waals surface area contributed by atoms with Gasteiger partial charge < -0.3 is 25.0 Å². The van der Waals surface area contributed by atoms with Gasteiger partial charge in [0.2, 0.25) is 5.91 Å². The van der Waals surface area contributed by atoms with Gasteiger partial charge in [-0.25, -0.2) is 0 Å². The monoisotopic (exact) mass is 253 g/mol. The minimum absolute atomic E-state index is 0.0531. The van der Waals surface area contributed by atoms with E-state index in [1.54, 1.807) is 6.92 Å². The second-order valence-electron chi connectivity index (χ2n) is 3.70. The van der Waals surface area contributed by atoms with Gasteiger partial charge in [-0.05, 0) is 6.92 Å². The Kier molecular flexibility index (Phi) is 4.52. The quantitative estimate of drug-likeness (QED) is 0.452. The second-order valence-corrected chi connectivity index (χ2v) is 3.96. The van der Waals surface area contributed by atoms with E-state index in [4.69, 9.17) is 21.1 Å². The van der Waals surface area contributed by atoms with E-state index >= 15 is 0 Å².